The molecule has 66 valence electrons. The normalized spacial score (nSPS) is 12.5. The van der Waals surface area contributed by atoms with Crippen LogP contribution >= 0.6 is 0 Å². The van der Waals surface area contributed by atoms with Gasteiger partial charge in [0, 0.05) is 12.1 Å². The van der Waals surface area contributed by atoms with Crippen LogP contribution in [0.5, 0.6) is 0 Å². The van der Waals surface area contributed by atoms with Crippen LogP contribution in [0.3, 0.4) is 0 Å². The molecule has 0 aliphatic rings. The monoisotopic (exact) mass is 169 g/mol. The SMILES string of the molecule is CC(CO)Nc1ccc(=O)[nH]n1. The Morgan fingerprint density at radius 1 is 1.75 bits per heavy atom. The minimum Gasteiger partial charge on any atom is -0.394 e. The molecule has 0 saturated carbocycles. The molecule has 0 amide bonds. The third-order valence-electron chi connectivity index (χ3n) is 1.35. The van der Waals surface area contributed by atoms with Gasteiger partial charge >= 0.3 is 0 Å². The second kappa shape index (κ2) is 3.87. The van der Waals surface area contributed by atoms with Gasteiger partial charge in [0.15, 0.2) is 0 Å². The van der Waals surface area contributed by atoms with Crippen LogP contribution in [0.2, 0.25) is 0 Å². The summed E-state index contributed by atoms with van der Waals surface area (Å²) in [6.07, 6.45) is 0. The molecule has 0 aliphatic carbocycles. The lowest BCUT2D eigenvalue weighted by Gasteiger charge is -2.09. The molecule has 5 nitrogen and oxygen atoms in total. The molecule has 0 bridgehead atoms. The highest BCUT2D eigenvalue weighted by atomic mass is 16.3. The first-order valence-electron chi connectivity index (χ1n) is 3.65. The molecule has 1 aromatic heterocycles. The summed E-state index contributed by atoms with van der Waals surface area (Å²) in [5, 5.41) is 17.6. The van der Waals surface area contributed by atoms with Crippen LogP contribution < -0.4 is 10.9 Å². The Morgan fingerprint density at radius 3 is 3.00 bits per heavy atom. The minimum atomic E-state index is -0.239. The number of H-pyrrole nitrogens is 1. The number of nitrogens with one attached hydrogen (secondary N) is 2. The zero-order chi connectivity index (χ0) is 8.97. The Kier molecular flexibility index (Phi) is 2.82. The number of anilines is 1. The van der Waals surface area contributed by atoms with Crippen molar-refractivity contribution in [2.75, 3.05) is 11.9 Å². The first-order chi connectivity index (χ1) is 5.72. The van der Waals surface area contributed by atoms with Crippen molar-refractivity contribution in [3.8, 4) is 0 Å². The number of aliphatic hydroxyl groups excluding tert-OH is 1. The summed E-state index contributed by atoms with van der Waals surface area (Å²) in [5.41, 5.74) is -0.239. The van der Waals surface area contributed by atoms with Gasteiger partial charge < -0.3 is 10.4 Å². The van der Waals surface area contributed by atoms with Gasteiger partial charge in [-0.05, 0) is 13.0 Å². The van der Waals surface area contributed by atoms with E-state index in [1.165, 1.54) is 6.07 Å². The summed E-state index contributed by atoms with van der Waals surface area (Å²) in [5.74, 6) is 0.552. The fourth-order valence-corrected chi connectivity index (χ4v) is 0.723. The number of aromatic amines is 1. The Morgan fingerprint density at radius 2 is 2.50 bits per heavy atom. The van der Waals surface area contributed by atoms with Crippen LogP contribution in [0, 0.1) is 0 Å². The molecule has 1 heterocycles. The first-order valence-corrected chi connectivity index (χ1v) is 3.65. The van der Waals surface area contributed by atoms with E-state index in [2.05, 4.69) is 15.5 Å². The molecule has 1 atom stereocenters. The fraction of sp³-hybridized carbons (Fsp3) is 0.429. The molecular weight excluding hydrogens is 158 g/mol. The van der Waals surface area contributed by atoms with E-state index >= 15 is 0 Å². The van der Waals surface area contributed by atoms with Crippen molar-refractivity contribution >= 4 is 5.82 Å². The average Bonchev–Trinajstić information content (AvgIpc) is 2.09. The topological polar surface area (TPSA) is 78.0 Å². The van der Waals surface area contributed by atoms with Gasteiger partial charge in [-0.25, -0.2) is 5.10 Å². The van der Waals surface area contributed by atoms with Gasteiger partial charge in [-0.1, -0.05) is 0 Å². The molecule has 0 radical (unpaired) electrons. The lowest BCUT2D eigenvalue weighted by molar-refractivity contribution is 0.281. The van der Waals surface area contributed by atoms with Gasteiger partial charge in [0.25, 0.3) is 5.56 Å². The van der Waals surface area contributed by atoms with E-state index in [1.807, 2.05) is 6.92 Å². The quantitative estimate of drug-likeness (QED) is 0.573. The van der Waals surface area contributed by atoms with Crippen LogP contribution in [0.15, 0.2) is 16.9 Å². The third-order valence-corrected chi connectivity index (χ3v) is 1.35. The van der Waals surface area contributed by atoms with E-state index in [4.69, 9.17) is 5.11 Å². The lowest BCUT2D eigenvalue weighted by Crippen LogP contribution is -2.21. The molecule has 1 rings (SSSR count). The minimum absolute atomic E-state index is 0.0286. The summed E-state index contributed by atoms with van der Waals surface area (Å²) in [6, 6.07) is 2.87. The second-order valence-electron chi connectivity index (χ2n) is 2.53. The Hall–Kier alpha value is -1.36. The van der Waals surface area contributed by atoms with E-state index in [1.54, 1.807) is 6.07 Å². The Balaban J connectivity index is 2.64. The zero-order valence-corrected chi connectivity index (χ0v) is 6.74. The standard InChI is InChI=1S/C7H11N3O2/c1-5(4-11)8-6-2-3-7(12)10-9-6/h2-3,5,11H,4H2,1H3,(H,8,9)(H,10,12). The van der Waals surface area contributed by atoms with Crippen molar-refractivity contribution < 1.29 is 5.11 Å². The summed E-state index contributed by atoms with van der Waals surface area (Å²) >= 11 is 0. The van der Waals surface area contributed by atoms with Crippen molar-refractivity contribution in [3.63, 3.8) is 0 Å². The van der Waals surface area contributed by atoms with Crippen molar-refractivity contribution in [2.24, 2.45) is 0 Å². The predicted molar refractivity (Wildman–Crippen MR) is 45.0 cm³/mol. The maximum absolute atomic E-state index is 10.6. The molecule has 1 unspecified atom stereocenters. The highest BCUT2D eigenvalue weighted by Gasteiger charge is 1.99. The summed E-state index contributed by atoms with van der Waals surface area (Å²) in [4.78, 5) is 10.6. The van der Waals surface area contributed by atoms with Gasteiger partial charge in [-0.3, -0.25) is 4.79 Å². The lowest BCUT2D eigenvalue weighted by atomic mass is 10.3. The van der Waals surface area contributed by atoms with Crippen molar-refractivity contribution in [1.29, 1.82) is 0 Å². The molecule has 0 aromatic carbocycles. The van der Waals surface area contributed by atoms with E-state index in [0.29, 0.717) is 5.82 Å². The Labute approximate surface area is 69.4 Å². The molecule has 3 N–H and O–H groups in total. The third kappa shape index (κ3) is 2.35. The number of hydrogen-bond acceptors (Lipinski definition) is 4. The van der Waals surface area contributed by atoms with E-state index in [9.17, 15) is 4.79 Å². The van der Waals surface area contributed by atoms with Crippen molar-refractivity contribution in [3.05, 3.63) is 22.5 Å². The number of hydrogen-bond donors (Lipinski definition) is 3. The van der Waals surface area contributed by atoms with Gasteiger partial charge in [0.1, 0.15) is 5.82 Å². The number of aliphatic hydroxyl groups is 1. The fourth-order valence-electron chi connectivity index (χ4n) is 0.723. The predicted octanol–water partition coefficient (Wildman–Crippen LogP) is -0.437. The van der Waals surface area contributed by atoms with Gasteiger partial charge in [0.05, 0.1) is 6.61 Å². The van der Waals surface area contributed by atoms with E-state index in [0.717, 1.165) is 0 Å². The van der Waals surface area contributed by atoms with Crippen LogP contribution in [-0.2, 0) is 0 Å². The molecule has 0 aliphatic heterocycles. The smallest absolute Gasteiger partial charge is 0.264 e. The highest BCUT2D eigenvalue weighted by Crippen LogP contribution is 1.98. The van der Waals surface area contributed by atoms with Crippen LogP contribution in [0.25, 0.3) is 0 Å². The van der Waals surface area contributed by atoms with Gasteiger partial charge in [-0.15, -0.1) is 0 Å². The van der Waals surface area contributed by atoms with E-state index in [-0.39, 0.29) is 18.2 Å². The molecule has 0 fully saturated rings. The maximum Gasteiger partial charge on any atom is 0.264 e. The van der Waals surface area contributed by atoms with Crippen LogP contribution in [0.1, 0.15) is 6.92 Å². The van der Waals surface area contributed by atoms with Gasteiger partial charge in [0.2, 0.25) is 0 Å². The second-order valence-corrected chi connectivity index (χ2v) is 2.53. The Bertz CT molecular complexity index is 276. The van der Waals surface area contributed by atoms with Crippen LogP contribution in [-0.4, -0.2) is 28.0 Å². The first kappa shape index (κ1) is 8.73. The highest BCUT2D eigenvalue weighted by molar-refractivity contribution is 5.32. The summed E-state index contributed by atoms with van der Waals surface area (Å²) in [7, 11) is 0. The number of rotatable bonds is 3. The van der Waals surface area contributed by atoms with Gasteiger partial charge in [-0.2, -0.15) is 5.10 Å². The van der Waals surface area contributed by atoms with Crippen molar-refractivity contribution in [1.82, 2.24) is 10.2 Å². The summed E-state index contributed by atoms with van der Waals surface area (Å²) < 4.78 is 0. The molecule has 0 saturated heterocycles. The zero-order valence-electron chi connectivity index (χ0n) is 6.74. The molecule has 1 aromatic rings. The molecule has 5 heteroatoms. The van der Waals surface area contributed by atoms with Crippen LogP contribution in [0.4, 0.5) is 5.82 Å². The molecule has 12 heavy (non-hydrogen) atoms. The maximum atomic E-state index is 10.6. The largest absolute Gasteiger partial charge is 0.394 e. The average molecular weight is 169 g/mol. The number of nitrogens with zero attached hydrogens (tertiary/aromatic N) is 1. The molecule has 0 spiro atoms. The van der Waals surface area contributed by atoms with E-state index < -0.39 is 0 Å². The summed E-state index contributed by atoms with van der Waals surface area (Å²) in [6.45, 7) is 1.84. The number of aromatic nitrogens is 2. The van der Waals surface area contributed by atoms with Crippen molar-refractivity contribution in [2.45, 2.75) is 13.0 Å². The molecular formula is C7H11N3O2.